The highest BCUT2D eigenvalue weighted by molar-refractivity contribution is 6.05. The molecule has 0 fully saturated rings. The van der Waals surface area contributed by atoms with Gasteiger partial charge in [0.1, 0.15) is 0 Å². The lowest BCUT2D eigenvalue weighted by Gasteiger charge is -2.13. The molecule has 0 saturated heterocycles. The number of para-hydroxylation sites is 1. The van der Waals surface area contributed by atoms with Gasteiger partial charge in [0.25, 0.3) is 5.91 Å². The van der Waals surface area contributed by atoms with E-state index in [0.717, 1.165) is 11.3 Å². The molecule has 0 aliphatic heterocycles. The third kappa shape index (κ3) is 4.32. The van der Waals surface area contributed by atoms with Crippen molar-refractivity contribution in [2.24, 2.45) is 0 Å². The molecular weight excluding hydrogens is 322 g/mol. The summed E-state index contributed by atoms with van der Waals surface area (Å²) in [5.41, 5.74) is 2.63. The highest BCUT2D eigenvalue weighted by atomic mass is 16.5. The molecule has 0 atom stereocenters. The second-order valence-corrected chi connectivity index (χ2v) is 5.41. The number of pyridine rings is 1. The largest absolute Gasteiger partial charge is 0.452 e. The van der Waals surface area contributed by atoms with E-state index < -0.39 is 24.5 Å². The maximum atomic E-state index is 12.5. The summed E-state index contributed by atoms with van der Waals surface area (Å²) >= 11 is 0. The Kier molecular flexibility index (Phi) is 6.05. The van der Waals surface area contributed by atoms with Gasteiger partial charge in [0.15, 0.2) is 6.61 Å². The average Bonchev–Trinajstić information content (AvgIpc) is 2.59. The molecule has 2 rings (SSSR count). The predicted octanol–water partition coefficient (Wildman–Crippen LogP) is 2.11. The minimum Gasteiger partial charge on any atom is -0.452 e. The Balaban J connectivity index is 2.20. The van der Waals surface area contributed by atoms with Crippen LogP contribution >= 0.6 is 0 Å². The number of rotatable bonds is 5. The summed E-state index contributed by atoms with van der Waals surface area (Å²) in [6.07, 6.45) is 0.675. The molecule has 1 heterocycles. The van der Waals surface area contributed by atoms with E-state index in [0.29, 0.717) is 29.4 Å². The Morgan fingerprint density at radius 1 is 1.16 bits per heavy atom. The highest BCUT2D eigenvalue weighted by Crippen LogP contribution is 2.24. The molecule has 7 nitrogen and oxygen atoms in total. The molecule has 1 aromatic carbocycles. The van der Waals surface area contributed by atoms with Crippen LogP contribution in [0.3, 0.4) is 0 Å². The highest BCUT2D eigenvalue weighted by Gasteiger charge is 2.19. The number of fused-ring (bicyclic) bond motifs is 1. The zero-order valence-electron chi connectivity index (χ0n) is 14.5. The number of carbonyl (C=O) groups excluding carboxylic acids is 3. The van der Waals surface area contributed by atoms with Crippen molar-refractivity contribution in [3.63, 3.8) is 0 Å². The van der Waals surface area contributed by atoms with Crippen molar-refractivity contribution in [3.8, 4) is 0 Å². The summed E-state index contributed by atoms with van der Waals surface area (Å²) in [4.78, 5) is 40.0. The van der Waals surface area contributed by atoms with E-state index in [1.165, 1.54) is 0 Å². The van der Waals surface area contributed by atoms with Crippen molar-refractivity contribution < 1.29 is 19.1 Å². The molecule has 0 unspecified atom stereocenters. The molecule has 0 bridgehead atoms. The monoisotopic (exact) mass is 343 g/mol. The van der Waals surface area contributed by atoms with E-state index in [1.54, 1.807) is 13.0 Å². The number of imide groups is 1. The fraction of sp³-hybridized carbons (Fsp3) is 0.333. The first-order chi connectivity index (χ1) is 12.0. The fourth-order valence-electron chi connectivity index (χ4n) is 2.54. The number of aryl methyl sites for hydroxylation is 1. The van der Waals surface area contributed by atoms with Crippen molar-refractivity contribution in [2.75, 3.05) is 13.2 Å². The van der Waals surface area contributed by atoms with Crippen LogP contribution in [0.5, 0.6) is 0 Å². The fourth-order valence-corrected chi connectivity index (χ4v) is 2.54. The van der Waals surface area contributed by atoms with Gasteiger partial charge in [-0.15, -0.1) is 0 Å². The van der Waals surface area contributed by atoms with Crippen LogP contribution in [0.25, 0.3) is 10.9 Å². The lowest BCUT2D eigenvalue weighted by atomic mass is 10.0. The van der Waals surface area contributed by atoms with E-state index in [4.69, 9.17) is 4.74 Å². The van der Waals surface area contributed by atoms with E-state index in [9.17, 15) is 14.4 Å². The van der Waals surface area contributed by atoms with E-state index >= 15 is 0 Å². The molecule has 2 aromatic rings. The molecule has 0 saturated carbocycles. The Bertz CT molecular complexity index is 817. The Morgan fingerprint density at radius 2 is 1.88 bits per heavy atom. The van der Waals surface area contributed by atoms with Crippen molar-refractivity contribution >= 4 is 28.8 Å². The lowest BCUT2D eigenvalue weighted by Crippen LogP contribution is -2.41. The Hall–Kier alpha value is -2.96. The summed E-state index contributed by atoms with van der Waals surface area (Å²) in [6, 6.07) is 6.65. The molecule has 132 valence electrons. The van der Waals surface area contributed by atoms with Crippen molar-refractivity contribution in [1.82, 2.24) is 15.6 Å². The molecule has 0 radical (unpaired) electrons. The molecule has 1 aromatic heterocycles. The first kappa shape index (κ1) is 18.4. The summed E-state index contributed by atoms with van der Waals surface area (Å²) < 4.78 is 5.10. The number of benzene rings is 1. The second kappa shape index (κ2) is 8.23. The topological polar surface area (TPSA) is 97.4 Å². The van der Waals surface area contributed by atoms with Crippen molar-refractivity contribution in [1.29, 1.82) is 0 Å². The first-order valence-corrected chi connectivity index (χ1v) is 8.10. The normalized spacial score (nSPS) is 10.4. The molecule has 0 aliphatic carbocycles. The third-order valence-electron chi connectivity index (χ3n) is 3.70. The number of nitrogens with one attached hydrogen (secondary N) is 2. The SMILES string of the molecule is CCNC(=O)NC(=O)COC(=O)c1c(C)c(CC)nc2ccccc12. The van der Waals surface area contributed by atoms with Crippen LogP contribution in [-0.4, -0.2) is 36.0 Å². The van der Waals surface area contributed by atoms with Gasteiger partial charge in [-0.1, -0.05) is 25.1 Å². The summed E-state index contributed by atoms with van der Waals surface area (Å²) in [5, 5.41) is 5.18. The zero-order chi connectivity index (χ0) is 18.4. The predicted molar refractivity (Wildman–Crippen MR) is 93.4 cm³/mol. The van der Waals surface area contributed by atoms with Crippen LogP contribution in [0, 0.1) is 6.92 Å². The van der Waals surface area contributed by atoms with Gasteiger partial charge < -0.3 is 10.1 Å². The smallest absolute Gasteiger partial charge is 0.339 e. The van der Waals surface area contributed by atoms with Gasteiger partial charge in [-0.05, 0) is 31.9 Å². The number of nitrogens with zero attached hydrogens (tertiary/aromatic N) is 1. The number of aromatic nitrogens is 1. The maximum Gasteiger partial charge on any atom is 0.339 e. The standard InChI is InChI=1S/C18H21N3O4/c1-4-13-11(3)16(12-8-6-7-9-14(12)20-13)17(23)25-10-15(22)21-18(24)19-5-2/h6-9H,4-5,10H2,1-3H3,(H2,19,21,22,24). The van der Waals surface area contributed by atoms with Gasteiger partial charge in [-0.2, -0.15) is 0 Å². The first-order valence-electron chi connectivity index (χ1n) is 8.10. The second-order valence-electron chi connectivity index (χ2n) is 5.41. The van der Waals surface area contributed by atoms with Gasteiger partial charge in [-0.25, -0.2) is 9.59 Å². The Morgan fingerprint density at radius 3 is 2.56 bits per heavy atom. The molecular formula is C18H21N3O4. The maximum absolute atomic E-state index is 12.5. The van der Waals surface area contributed by atoms with Crippen LogP contribution in [-0.2, 0) is 16.0 Å². The number of ether oxygens (including phenoxy) is 1. The number of hydrogen-bond acceptors (Lipinski definition) is 5. The van der Waals surface area contributed by atoms with Gasteiger partial charge in [0.2, 0.25) is 0 Å². The summed E-state index contributed by atoms with van der Waals surface area (Å²) in [6.45, 7) is 5.35. The van der Waals surface area contributed by atoms with E-state index in [2.05, 4.69) is 15.6 Å². The molecule has 3 amide bonds. The van der Waals surface area contributed by atoms with Gasteiger partial charge >= 0.3 is 12.0 Å². The average molecular weight is 343 g/mol. The van der Waals surface area contributed by atoms with E-state index in [-0.39, 0.29) is 0 Å². The Labute approximate surface area is 145 Å². The number of amides is 3. The molecule has 0 spiro atoms. The number of carbonyl (C=O) groups is 3. The van der Waals surface area contributed by atoms with Gasteiger partial charge in [-0.3, -0.25) is 15.1 Å². The van der Waals surface area contributed by atoms with E-state index in [1.807, 2.05) is 32.0 Å². The summed E-state index contributed by atoms with van der Waals surface area (Å²) in [7, 11) is 0. The van der Waals surface area contributed by atoms with Crippen molar-refractivity contribution in [3.05, 3.63) is 41.1 Å². The number of hydrogen-bond donors (Lipinski definition) is 2. The van der Waals surface area contributed by atoms with Crippen LogP contribution < -0.4 is 10.6 Å². The van der Waals surface area contributed by atoms with Crippen LogP contribution in [0.1, 0.15) is 35.5 Å². The molecule has 7 heteroatoms. The van der Waals surface area contributed by atoms with Gasteiger partial charge in [0, 0.05) is 17.6 Å². The third-order valence-corrected chi connectivity index (χ3v) is 3.70. The quantitative estimate of drug-likeness (QED) is 0.810. The number of esters is 1. The van der Waals surface area contributed by atoms with Crippen LogP contribution in [0.15, 0.2) is 24.3 Å². The lowest BCUT2D eigenvalue weighted by molar-refractivity contribution is -0.123. The minimum absolute atomic E-state index is 0.390. The number of urea groups is 1. The zero-order valence-corrected chi connectivity index (χ0v) is 14.5. The molecule has 0 aliphatic rings. The van der Waals surface area contributed by atoms with Crippen molar-refractivity contribution in [2.45, 2.75) is 27.2 Å². The van der Waals surface area contributed by atoms with Gasteiger partial charge in [0.05, 0.1) is 11.1 Å². The molecule has 2 N–H and O–H groups in total. The molecule has 25 heavy (non-hydrogen) atoms. The summed E-state index contributed by atoms with van der Waals surface area (Å²) in [5.74, 6) is -1.30. The minimum atomic E-state index is -0.689. The van der Waals surface area contributed by atoms with Crippen LogP contribution in [0.4, 0.5) is 4.79 Å². The van der Waals surface area contributed by atoms with Crippen LogP contribution in [0.2, 0.25) is 0 Å².